The Kier molecular flexibility index (Phi) is 4.15. The molecule has 0 saturated heterocycles. The molecule has 0 amide bonds. The van der Waals surface area contributed by atoms with Crippen LogP contribution < -0.4 is 9.63 Å². The molecule has 0 spiro atoms. The van der Waals surface area contributed by atoms with Gasteiger partial charge in [-0.05, 0) is 29.8 Å². The first-order valence-corrected chi connectivity index (χ1v) is 6.25. The van der Waals surface area contributed by atoms with E-state index in [1.165, 1.54) is 18.5 Å². The van der Waals surface area contributed by atoms with Gasteiger partial charge in [-0.25, -0.2) is 0 Å². The van der Waals surface area contributed by atoms with Crippen molar-refractivity contribution in [3.05, 3.63) is 71.2 Å². The summed E-state index contributed by atoms with van der Waals surface area (Å²) in [5.74, 6) is -0.188. The Morgan fingerprint density at radius 2 is 1.90 bits per heavy atom. The van der Waals surface area contributed by atoms with Crippen molar-refractivity contribution in [3.8, 4) is 0 Å². The lowest BCUT2D eigenvalue weighted by Gasteiger charge is -2.11. The lowest BCUT2D eigenvalue weighted by Crippen LogP contribution is -2.25. The van der Waals surface area contributed by atoms with Crippen LogP contribution in [0.4, 0.5) is 5.69 Å². The molecule has 20 heavy (non-hydrogen) atoms. The number of hydrogen-bond donors (Lipinski definition) is 0. The summed E-state index contributed by atoms with van der Waals surface area (Å²) in [6.45, 7) is 0. The van der Waals surface area contributed by atoms with Gasteiger partial charge in [-0.3, -0.25) is 4.79 Å². The van der Waals surface area contributed by atoms with Crippen LogP contribution in [0, 0.1) is 5.21 Å². The van der Waals surface area contributed by atoms with Gasteiger partial charge in [-0.2, -0.15) is 4.73 Å². The molecule has 4 heteroatoms. The fraction of sp³-hybridized carbons (Fsp3) is 0.125. The molecule has 1 heterocycles. The molecule has 0 aliphatic carbocycles. The highest BCUT2D eigenvalue weighted by Gasteiger charge is 2.04. The first kappa shape index (κ1) is 13.8. The van der Waals surface area contributed by atoms with Gasteiger partial charge in [0.05, 0.1) is 5.56 Å². The molecule has 0 fully saturated rings. The van der Waals surface area contributed by atoms with Crippen LogP contribution in [0.15, 0.2) is 54.9 Å². The third kappa shape index (κ3) is 3.45. The minimum Gasteiger partial charge on any atom is -0.619 e. The predicted octanol–water partition coefficient (Wildman–Crippen LogP) is 2.28. The molecule has 0 bridgehead atoms. The molecule has 1 aromatic heterocycles. The van der Waals surface area contributed by atoms with Crippen molar-refractivity contribution >= 4 is 17.5 Å². The maximum absolute atomic E-state index is 11.9. The minimum atomic E-state index is -0.188. The summed E-state index contributed by atoms with van der Waals surface area (Å²) < 4.78 is 0.618. The third-order valence-corrected chi connectivity index (χ3v) is 2.90. The number of carbonyl (C=O) groups is 1. The second-order valence-electron chi connectivity index (χ2n) is 4.64. The van der Waals surface area contributed by atoms with E-state index in [4.69, 9.17) is 0 Å². The summed E-state index contributed by atoms with van der Waals surface area (Å²) in [5, 5.41) is 11.1. The maximum atomic E-state index is 11.9. The number of benzene rings is 1. The zero-order valence-corrected chi connectivity index (χ0v) is 11.5. The van der Waals surface area contributed by atoms with Gasteiger partial charge < -0.3 is 10.1 Å². The summed E-state index contributed by atoms with van der Waals surface area (Å²) in [5.41, 5.74) is 2.42. The largest absolute Gasteiger partial charge is 0.619 e. The van der Waals surface area contributed by atoms with Crippen molar-refractivity contribution in [1.82, 2.24) is 0 Å². The number of aromatic nitrogens is 1. The molecule has 1 aromatic carbocycles. The van der Waals surface area contributed by atoms with E-state index in [0.717, 1.165) is 11.3 Å². The number of rotatable bonds is 4. The Labute approximate surface area is 118 Å². The van der Waals surface area contributed by atoms with Crippen molar-refractivity contribution in [2.75, 3.05) is 19.0 Å². The van der Waals surface area contributed by atoms with Gasteiger partial charge in [0.25, 0.3) is 0 Å². The Hall–Kier alpha value is -2.62. The molecule has 0 atom stereocenters. The van der Waals surface area contributed by atoms with Crippen LogP contribution in [0.5, 0.6) is 0 Å². The SMILES string of the molecule is CN(C)c1ccc(C=CC(=O)c2ccc[n+]([O-])c2)cc1. The van der Waals surface area contributed by atoms with E-state index in [9.17, 15) is 10.0 Å². The monoisotopic (exact) mass is 268 g/mol. The molecule has 0 N–H and O–H groups in total. The van der Waals surface area contributed by atoms with Gasteiger partial charge in [0.15, 0.2) is 18.2 Å². The molecule has 102 valence electrons. The summed E-state index contributed by atoms with van der Waals surface area (Å²) in [6.07, 6.45) is 5.83. The highest BCUT2D eigenvalue weighted by Crippen LogP contribution is 2.13. The fourth-order valence-corrected chi connectivity index (χ4v) is 1.75. The first-order chi connectivity index (χ1) is 9.56. The molecule has 0 saturated carbocycles. The van der Waals surface area contributed by atoms with E-state index >= 15 is 0 Å². The predicted molar refractivity (Wildman–Crippen MR) is 79.5 cm³/mol. The maximum Gasteiger partial charge on any atom is 0.191 e. The summed E-state index contributed by atoms with van der Waals surface area (Å²) in [4.78, 5) is 13.9. The van der Waals surface area contributed by atoms with E-state index in [0.29, 0.717) is 10.3 Å². The minimum absolute atomic E-state index is 0.188. The van der Waals surface area contributed by atoms with Crippen molar-refractivity contribution in [2.45, 2.75) is 0 Å². The number of pyridine rings is 1. The number of ketones is 1. The Morgan fingerprint density at radius 3 is 2.50 bits per heavy atom. The Bertz CT molecular complexity index is 631. The van der Waals surface area contributed by atoms with Crippen molar-refractivity contribution < 1.29 is 9.52 Å². The molecule has 2 aromatic rings. The molecule has 0 unspecified atom stereocenters. The van der Waals surface area contributed by atoms with Gasteiger partial charge in [0.1, 0.15) is 0 Å². The quantitative estimate of drug-likeness (QED) is 0.370. The van der Waals surface area contributed by atoms with Gasteiger partial charge in [0.2, 0.25) is 0 Å². The second kappa shape index (κ2) is 6.02. The fourth-order valence-electron chi connectivity index (χ4n) is 1.75. The normalized spacial score (nSPS) is 10.7. The second-order valence-corrected chi connectivity index (χ2v) is 4.64. The number of anilines is 1. The molecular formula is C16H16N2O2. The van der Waals surface area contributed by atoms with Crippen molar-refractivity contribution in [1.29, 1.82) is 0 Å². The number of carbonyl (C=O) groups excluding carboxylic acids is 1. The lowest BCUT2D eigenvalue weighted by atomic mass is 10.1. The average molecular weight is 268 g/mol. The van der Waals surface area contributed by atoms with Gasteiger partial charge in [-0.1, -0.05) is 18.2 Å². The number of allylic oxidation sites excluding steroid dienone is 1. The van der Waals surface area contributed by atoms with Crippen LogP contribution >= 0.6 is 0 Å². The van der Waals surface area contributed by atoms with Crippen molar-refractivity contribution in [2.24, 2.45) is 0 Å². The van der Waals surface area contributed by atoms with Gasteiger partial charge in [0, 0.05) is 25.8 Å². The average Bonchev–Trinajstić information content (AvgIpc) is 2.45. The van der Waals surface area contributed by atoms with E-state index in [1.54, 1.807) is 18.2 Å². The number of hydrogen-bond acceptors (Lipinski definition) is 3. The van der Waals surface area contributed by atoms with Crippen LogP contribution in [0.25, 0.3) is 6.08 Å². The standard InChI is InChI=1S/C16H16N2O2/c1-17(2)15-8-5-13(6-9-15)7-10-16(19)14-4-3-11-18(20)12-14/h3-12H,1-2H3. The highest BCUT2D eigenvalue weighted by molar-refractivity contribution is 6.06. The topological polar surface area (TPSA) is 47.2 Å². The van der Waals surface area contributed by atoms with Gasteiger partial charge in [-0.15, -0.1) is 0 Å². The van der Waals surface area contributed by atoms with E-state index in [1.807, 2.05) is 43.3 Å². The van der Waals surface area contributed by atoms with Crippen LogP contribution in [0.2, 0.25) is 0 Å². The van der Waals surface area contributed by atoms with E-state index < -0.39 is 0 Å². The lowest BCUT2D eigenvalue weighted by molar-refractivity contribution is -0.605. The number of nitrogens with zero attached hydrogens (tertiary/aromatic N) is 2. The first-order valence-electron chi connectivity index (χ1n) is 6.25. The van der Waals surface area contributed by atoms with Crippen LogP contribution in [-0.2, 0) is 0 Å². The molecule has 4 nitrogen and oxygen atoms in total. The van der Waals surface area contributed by atoms with E-state index in [-0.39, 0.29) is 5.78 Å². The van der Waals surface area contributed by atoms with E-state index in [2.05, 4.69) is 0 Å². The third-order valence-electron chi connectivity index (χ3n) is 2.90. The molecule has 0 aliphatic rings. The van der Waals surface area contributed by atoms with Crippen LogP contribution in [0.3, 0.4) is 0 Å². The molecule has 0 aliphatic heterocycles. The zero-order valence-electron chi connectivity index (χ0n) is 11.5. The van der Waals surface area contributed by atoms with Gasteiger partial charge >= 0.3 is 0 Å². The molecule has 2 rings (SSSR count). The molecule has 0 radical (unpaired) electrons. The van der Waals surface area contributed by atoms with Crippen molar-refractivity contribution in [3.63, 3.8) is 0 Å². The zero-order chi connectivity index (χ0) is 14.5. The Morgan fingerprint density at radius 1 is 1.20 bits per heavy atom. The van der Waals surface area contributed by atoms with Crippen LogP contribution in [0.1, 0.15) is 15.9 Å². The summed E-state index contributed by atoms with van der Waals surface area (Å²) in [6, 6.07) is 11.0. The smallest absolute Gasteiger partial charge is 0.191 e. The molecular weight excluding hydrogens is 252 g/mol. The highest BCUT2D eigenvalue weighted by atomic mass is 16.5. The Balaban J connectivity index is 2.11. The summed E-state index contributed by atoms with van der Waals surface area (Å²) >= 11 is 0. The van der Waals surface area contributed by atoms with Crippen LogP contribution in [-0.4, -0.2) is 19.9 Å². The summed E-state index contributed by atoms with van der Waals surface area (Å²) in [7, 11) is 3.95.